The molecule has 0 amide bonds. The molecule has 0 unspecified atom stereocenters. The Hall–Kier alpha value is -3.21. The molecule has 134 valence electrons. The van der Waals surface area contributed by atoms with Crippen LogP contribution in [0.1, 0.15) is 30.4 Å². The zero-order valence-electron chi connectivity index (χ0n) is 15.2. The summed E-state index contributed by atoms with van der Waals surface area (Å²) in [4.78, 5) is 4.13. The molecule has 0 aromatic carbocycles. The molecule has 1 N–H and O–H groups in total. The van der Waals surface area contributed by atoms with Crippen molar-refractivity contribution in [3.05, 3.63) is 96.3 Å². The van der Waals surface area contributed by atoms with E-state index in [2.05, 4.69) is 40.1 Å². The number of hydrogen-bond donors (Lipinski definition) is 1. The van der Waals surface area contributed by atoms with Gasteiger partial charge >= 0.3 is 0 Å². The molecule has 0 saturated heterocycles. The van der Waals surface area contributed by atoms with Gasteiger partial charge in [-0.3, -0.25) is 4.98 Å². The summed E-state index contributed by atoms with van der Waals surface area (Å²) in [5.74, 6) is 0.645. The number of aromatic nitrogens is 3. The number of nitrogens with zero attached hydrogens (tertiary/aromatic N) is 3. The van der Waals surface area contributed by atoms with Crippen LogP contribution in [-0.4, -0.2) is 15.2 Å². The fourth-order valence-electron chi connectivity index (χ4n) is 2.21. The zero-order valence-corrected chi connectivity index (χ0v) is 15.2. The van der Waals surface area contributed by atoms with Gasteiger partial charge in [0.15, 0.2) is 0 Å². The molecule has 2 rings (SSSR count). The quantitative estimate of drug-likeness (QED) is 0.674. The smallest absolute Gasteiger partial charge is 0.216 e. The van der Waals surface area contributed by atoms with Crippen LogP contribution in [0.4, 0.5) is 0 Å². The number of allylic oxidation sites excluding steroid dienone is 6. The first-order chi connectivity index (χ1) is 12.7. The molecule has 0 aliphatic carbocycles. The van der Waals surface area contributed by atoms with Crippen molar-refractivity contribution in [3.63, 3.8) is 0 Å². The third-order valence-electron chi connectivity index (χ3n) is 3.63. The van der Waals surface area contributed by atoms with Crippen molar-refractivity contribution < 1.29 is 4.42 Å². The summed E-state index contributed by atoms with van der Waals surface area (Å²) in [6.07, 6.45) is 20.4. The Morgan fingerprint density at radius 1 is 1.35 bits per heavy atom. The number of rotatable bonds is 9. The maximum atomic E-state index is 5.16. The van der Waals surface area contributed by atoms with E-state index in [0.29, 0.717) is 5.89 Å². The van der Waals surface area contributed by atoms with Crippen LogP contribution in [0.15, 0.2) is 83.7 Å². The highest BCUT2D eigenvalue weighted by Crippen LogP contribution is 2.10. The average molecular weight is 348 g/mol. The van der Waals surface area contributed by atoms with Crippen molar-refractivity contribution in [1.82, 2.24) is 20.5 Å². The standard InChI is InChI=1S/C21H24N4O/c1-4-6-19(9-11-21-25-24-16-26-21)7-5-13-23-18(3)8-10-20-15-22-14-12-17(20)2/h4-8,10,12-16,23H,3,9,11H2,1-2H3/b6-4-,10-8+,13-5+,19-7+. The summed E-state index contributed by atoms with van der Waals surface area (Å²) < 4.78 is 5.16. The van der Waals surface area contributed by atoms with Gasteiger partial charge in [0, 0.05) is 30.7 Å². The number of hydrogen-bond acceptors (Lipinski definition) is 5. The lowest BCUT2D eigenvalue weighted by atomic mass is 10.1. The molecule has 2 aromatic rings. The summed E-state index contributed by atoms with van der Waals surface area (Å²) in [5.41, 5.74) is 4.24. The molecule has 5 nitrogen and oxygen atoms in total. The van der Waals surface area contributed by atoms with Crippen LogP contribution < -0.4 is 5.32 Å². The van der Waals surface area contributed by atoms with Gasteiger partial charge in [-0.05, 0) is 55.2 Å². The predicted molar refractivity (Wildman–Crippen MR) is 105 cm³/mol. The van der Waals surface area contributed by atoms with Crippen LogP contribution >= 0.6 is 0 Å². The maximum absolute atomic E-state index is 5.16. The number of aryl methyl sites for hydroxylation is 2. The Morgan fingerprint density at radius 3 is 2.96 bits per heavy atom. The predicted octanol–water partition coefficient (Wildman–Crippen LogP) is 4.54. The first kappa shape index (κ1) is 19.1. The van der Waals surface area contributed by atoms with Gasteiger partial charge in [-0.2, -0.15) is 0 Å². The van der Waals surface area contributed by atoms with Crippen LogP contribution in [0.25, 0.3) is 6.08 Å². The lowest BCUT2D eigenvalue weighted by molar-refractivity contribution is 0.492. The molecule has 2 heterocycles. The minimum Gasteiger partial charge on any atom is -0.428 e. The van der Waals surface area contributed by atoms with Crippen molar-refractivity contribution in [2.24, 2.45) is 0 Å². The van der Waals surface area contributed by atoms with Crippen molar-refractivity contribution in [3.8, 4) is 0 Å². The highest BCUT2D eigenvalue weighted by atomic mass is 16.4. The largest absolute Gasteiger partial charge is 0.428 e. The molecule has 0 spiro atoms. The SMILES string of the molecule is C=C(/C=C/c1cnccc1C)N/C=C/C=C(\C=C/C)CCc1nnco1. The summed E-state index contributed by atoms with van der Waals surface area (Å²) in [6.45, 7) is 8.04. The van der Waals surface area contributed by atoms with Crippen LogP contribution in [0.2, 0.25) is 0 Å². The highest BCUT2D eigenvalue weighted by molar-refractivity contribution is 5.54. The molecule has 0 bridgehead atoms. The summed E-state index contributed by atoms with van der Waals surface area (Å²) >= 11 is 0. The fraction of sp³-hybridized carbons (Fsp3) is 0.190. The molecule has 0 aliphatic heterocycles. The second kappa shape index (κ2) is 10.6. The summed E-state index contributed by atoms with van der Waals surface area (Å²) in [5, 5.41) is 10.7. The second-order valence-corrected chi connectivity index (χ2v) is 5.67. The first-order valence-electron chi connectivity index (χ1n) is 8.46. The molecule has 0 aliphatic rings. The Bertz CT molecular complexity index is 814. The van der Waals surface area contributed by atoms with Crippen LogP contribution in [0, 0.1) is 6.92 Å². The number of nitrogens with one attached hydrogen (secondary N) is 1. The minimum absolute atomic E-state index is 0.645. The van der Waals surface area contributed by atoms with E-state index in [1.54, 1.807) is 6.20 Å². The van der Waals surface area contributed by atoms with Gasteiger partial charge in [0.2, 0.25) is 12.3 Å². The van der Waals surface area contributed by atoms with E-state index in [9.17, 15) is 0 Å². The van der Waals surface area contributed by atoms with Crippen LogP contribution in [-0.2, 0) is 6.42 Å². The normalized spacial score (nSPS) is 12.5. The van der Waals surface area contributed by atoms with Gasteiger partial charge in [-0.15, -0.1) is 10.2 Å². The van der Waals surface area contributed by atoms with E-state index < -0.39 is 0 Å². The monoisotopic (exact) mass is 348 g/mol. The minimum atomic E-state index is 0.645. The molecule has 0 atom stereocenters. The van der Waals surface area contributed by atoms with Crippen LogP contribution in [0.5, 0.6) is 0 Å². The van der Waals surface area contributed by atoms with Crippen molar-refractivity contribution in [1.29, 1.82) is 0 Å². The van der Waals surface area contributed by atoms with E-state index in [1.165, 1.54) is 17.5 Å². The number of pyridine rings is 1. The zero-order chi connectivity index (χ0) is 18.6. The maximum Gasteiger partial charge on any atom is 0.216 e. The molecule has 5 heteroatoms. The van der Waals surface area contributed by atoms with E-state index in [0.717, 1.165) is 24.1 Å². The molecule has 0 saturated carbocycles. The van der Waals surface area contributed by atoms with Gasteiger partial charge in [0.25, 0.3) is 0 Å². The Labute approximate surface area is 154 Å². The molecule has 26 heavy (non-hydrogen) atoms. The second-order valence-electron chi connectivity index (χ2n) is 5.67. The van der Waals surface area contributed by atoms with E-state index in [-0.39, 0.29) is 0 Å². The van der Waals surface area contributed by atoms with Gasteiger partial charge in [0.05, 0.1) is 0 Å². The van der Waals surface area contributed by atoms with E-state index in [4.69, 9.17) is 4.42 Å². The van der Waals surface area contributed by atoms with Gasteiger partial charge < -0.3 is 9.73 Å². The average Bonchev–Trinajstić information content (AvgIpc) is 3.16. The third kappa shape index (κ3) is 6.73. The Kier molecular flexibility index (Phi) is 7.80. The lowest BCUT2D eigenvalue weighted by Gasteiger charge is -2.01. The Morgan fingerprint density at radius 2 is 2.23 bits per heavy atom. The highest BCUT2D eigenvalue weighted by Gasteiger charge is 1.99. The molecule has 2 aromatic heterocycles. The molecule has 0 fully saturated rings. The van der Waals surface area contributed by atoms with Crippen molar-refractivity contribution in [2.45, 2.75) is 26.7 Å². The summed E-state index contributed by atoms with van der Waals surface area (Å²) in [7, 11) is 0. The van der Waals surface area contributed by atoms with Crippen molar-refractivity contribution in [2.75, 3.05) is 0 Å². The first-order valence-corrected chi connectivity index (χ1v) is 8.46. The fourth-order valence-corrected chi connectivity index (χ4v) is 2.21. The van der Waals surface area contributed by atoms with E-state index in [1.807, 2.05) is 55.8 Å². The lowest BCUT2D eigenvalue weighted by Crippen LogP contribution is -1.99. The van der Waals surface area contributed by atoms with Crippen molar-refractivity contribution >= 4 is 6.08 Å². The molecular formula is C21H24N4O. The van der Waals surface area contributed by atoms with E-state index >= 15 is 0 Å². The topological polar surface area (TPSA) is 63.8 Å². The van der Waals surface area contributed by atoms with Crippen LogP contribution in [0.3, 0.4) is 0 Å². The third-order valence-corrected chi connectivity index (χ3v) is 3.63. The molecule has 0 radical (unpaired) electrons. The molecular weight excluding hydrogens is 324 g/mol. The van der Waals surface area contributed by atoms with Gasteiger partial charge in [0.1, 0.15) is 0 Å². The van der Waals surface area contributed by atoms with Gasteiger partial charge in [-0.25, -0.2) is 0 Å². The van der Waals surface area contributed by atoms with Gasteiger partial charge in [-0.1, -0.05) is 30.9 Å². The summed E-state index contributed by atoms with van der Waals surface area (Å²) in [6, 6.07) is 1.98. The Balaban J connectivity index is 1.85.